The summed E-state index contributed by atoms with van der Waals surface area (Å²) in [6.45, 7) is 11.7. The SMILES string of the molecule is CCC1CN(Cc2c(C)noc2C)C(C)CN1. The monoisotopic (exact) mass is 237 g/mol. The molecule has 0 radical (unpaired) electrons. The third-order valence-corrected chi connectivity index (χ3v) is 3.82. The minimum atomic E-state index is 0.575. The van der Waals surface area contributed by atoms with E-state index in [1.807, 2.05) is 13.8 Å². The second-order valence-electron chi connectivity index (χ2n) is 5.09. The molecule has 0 amide bonds. The van der Waals surface area contributed by atoms with Crippen LogP contribution in [-0.4, -0.2) is 35.2 Å². The standard InChI is InChI=1S/C13H23N3O/c1-5-12-7-16(9(2)6-14-12)8-13-10(3)15-17-11(13)4/h9,12,14H,5-8H2,1-4H3. The number of nitrogens with zero attached hydrogens (tertiary/aromatic N) is 2. The number of piperazine rings is 1. The van der Waals surface area contributed by atoms with Gasteiger partial charge < -0.3 is 9.84 Å². The third kappa shape index (κ3) is 2.69. The van der Waals surface area contributed by atoms with Gasteiger partial charge in [0.15, 0.2) is 0 Å². The fourth-order valence-electron chi connectivity index (χ4n) is 2.42. The van der Waals surface area contributed by atoms with Crippen LogP contribution in [0.2, 0.25) is 0 Å². The van der Waals surface area contributed by atoms with Crippen molar-refractivity contribution < 1.29 is 4.52 Å². The van der Waals surface area contributed by atoms with E-state index in [0.29, 0.717) is 12.1 Å². The van der Waals surface area contributed by atoms with Crippen molar-refractivity contribution in [1.82, 2.24) is 15.4 Å². The molecule has 2 atom stereocenters. The van der Waals surface area contributed by atoms with E-state index in [0.717, 1.165) is 31.1 Å². The van der Waals surface area contributed by atoms with E-state index in [9.17, 15) is 0 Å². The first kappa shape index (κ1) is 12.6. The fourth-order valence-corrected chi connectivity index (χ4v) is 2.42. The summed E-state index contributed by atoms with van der Waals surface area (Å²) >= 11 is 0. The van der Waals surface area contributed by atoms with Crippen LogP contribution in [0.1, 0.15) is 37.3 Å². The Morgan fingerprint density at radius 2 is 2.24 bits per heavy atom. The summed E-state index contributed by atoms with van der Waals surface area (Å²) in [5.41, 5.74) is 2.29. The summed E-state index contributed by atoms with van der Waals surface area (Å²) in [6.07, 6.45) is 1.19. The highest BCUT2D eigenvalue weighted by molar-refractivity contribution is 5.20. The molecule has 1 fully saturated rings. The van der Waals surface area contributed by atoms with Gasteiger partial charge in [0.2, 0.25) is 0 Å². The predicted molar refractivity (Wildman–Crippen MR) is 67.9 cm³/mol. The van der Waals surface area contributed by atoms with E-state index in [1.54, 1.807) is 0 Å². The molecular formula is C13H23N3O. The molecule has 0 aliphatic carbocycles. The molecule has 96 valence electrons. The summed E-state index contributed by atoms with van der Waals surface area (Å²) in [6, 6.07) is 1.19. The summed E-state index contributed by atoms with van der Waals surface area (Å²) in [5, 5.41) is 7.61. The lowest BCUT2D eigenvalue weighted by Gasteiger charge is -2.38. The van der Waals surface area contributed by atoms with Gasteiger partial charge in [0, 0.05) is 37.3 Å². The topological polar surface area (TPSA) is 41.3 Å². The molecule has 2 rings (SSSR count). The Balaban J connectivity index is 2.06. The van der Waals surface area contributed by atoms with Gasteiger partial charge in [0.1, 0.15) is 5.76 Å². The van der Waals surface area contributed by atoms with Crippen molar-refractivity contribution in [2.45, 2.75) is 52.7 Å². The number of nitrogens with one attached hydrogen (secondary N) is 1. The average Bonchev–Trinajstić information content (AvgIpc) is 2.63. The molecule has 1 N–H and O–H groups in total. The molecule has 0 spiro atoms. The van der Waals surface area contributed by atoms with Gasteiger partial charge in [0.05, 0.1) is 5.69 Å². The van der Waals surface area contributed by atoms with Crippen molar-refractivity contribution in [2.24, 2.45) is 0 Å². The number of aromatic nitrogens is 1. The van der Waals surface area contributed by atoms with Crippen LogP contribution in [0, 0.1) is 13.8 Å². The smallest absolute Gasteiger partial charge is 0.138 e. The Hall–Kier alpha value is -0.870. The van der Waals surface area contributed by atoms with Gasteiger partial charge in [-0.05, 0) is 27.2 Å². The molecule has 0 bridgehead atoms. The lowest BCUT2D eigenvalue weighted by molar-refractivity contribution is 0.131. The van der Waals surface area contributed by atoms with Crippen LogP contribution in [0.25, 0.3) is 0 Å². The summed E-state index contributed by atoms with van der Waals surface area (Å²) in [7, 11) is 0. The first-order valence-corrected chi connectivity index (χ1v) is 6.51. The first-order chi connectivity index (χ1) is 8.11. The molecule has 4 heteroatoms. The van der Waals surface area contributed by atoms with E-state index in [1.165, 1.54) is 12.0 Å². The van der Waals surface area contributed by atoms with Crippen LogP contribution >= 0.6 is 0 Å². The number of hydrogen-bond acceptors (Lipinski definition) is 4. The zero-order chi connectivity index (χ0) is 12.4. The van der Waals surface area contributed by atoms with Crippen molar-refractivity contribution in [2.75, 3.05) is 13.1 Å². The van der Waals surface area contributed by atoms with Crippen LogP contribution in [0.3, 0.4) is 0 Å². The normalized spacial score (nSPS) is 26.4. The Bertz CT molecular complexity index is 355. The van der Waals surface area contributed by atoms with Gasteiger partial charge in [-0.2, -0.15) is 0 Å². The van der Waals surface area contributed by atoms with Gasteiger partial charge >= 0.3 is 0 Å². The maximum atomic E-state index is 5.23. The third-order valence-electron chi connectivity index (χ3n) is 3.82. The molecule has 1 aliphatic heterocycles. The zero-order valence-corrected chi connectivity index (χ0v) is 11.3. The Morgan fingerprint density at radius 1 is 1.47 bits per heavy atom. The molecule has 17 heavy (non-hydrogen) atoms. The molecule has 1 aromatic rings. The van der Waals surface area contributed by atoms with E-state index in [-0.39, 0.29) is 0 Å². The van der Waals surface area contributed by atoms with Gasteiger partial charge in [-0.3, -0.25) is 4.90 Å². The highest BCUT2D eigenvalue weighted by atomic mass is 16.5. The van der Waals surface area contributed by atoms with Gasteiger partial charge in [-0.1, -0.05) is 12.1 Å². The second-order valence-corrected chi connectivity index (χ2v) is 5.09. The van der Waals surface area contributed by atoms with Crippen LogP contribution < -0.4 is 5.32 Å². The van der Waals surface area contributed by atoms with Crippen molar-refractivity contribution in [3.8, 4) is 0 Å². The van der Waals surface area contributed by atoms with Crippen LogP contribution in [-0.2, 0) is 6.54 Å². The Kier molecular flexibility index (Phi) is 3.84. The lowest BCUT2D eigenvalue weighted by atomic mass is 10.1. The second kappa shape index (κ2) is 5.19. The Labute approximate surface area is 103 Å². The van der Waals surface area contributed by atoms with Crippen LogP contribution in [0.15, 0.2) is 4.52 Å². The van der Waals surface area contributed by atoms with E-state index in [2.05, 4.69) is 29.2 Å². The molecule has 1 aliphatic rings. The maximum absolute atomic E-state index is 5.23. The van der Waals surface area contributed by atoms with Crippen molar-refractivity contribution in [3.05, 3.63) is 17.0 Å². The minimum absolute atomic E-state index is 0.575. The molecule has 2 heterocycles. The van der Waals surface area contributed by atoms with E-state index >= 15 is 0 Å². The molecular weight excluding hydrogens is 214 g/mol. The summed E-state index contributed by atoms with van der Waals surface area (Å²) in [5.74, 6) is 0.960. The van der Waals surface area contributed by atoms with E-state index < -0.39 is 0 Å². The molecule has 0 aromatic carbocycles. The highest BCUT2D eigenvalue weighted by Crippen LogP contribution is 2.18. The molecule has 4 nitrogen and oxygen atoms in total. The first-order valence-electron chi connectivity index (χ1n) is 6.51. The van der Waals surface area contributed by atoms with Gasteiger partial charge in [-0.25, -0.2) is 0 Å². The maximum Gasteiger partial charge on any atom is 0.138 e. The summed E-state index contributed by atoms with van der Waals surface area (Å²) in [4.78, 5) is 2.52. The van der Waals surface area contributed by atoms with Crippen molar-refractivity contribution in [1.29, 1.82) is 0 Å². The fraction of sp³-hybridized carbons (Fsp3) is 0.769. The predicted octanol–water partition coefficient (Wildman–Crippen LogP) is 1.86. The highest BCUT2D eigenvalue weighted by Gasteiger charge is 2.25. The molecule has 1 saturated heterocycles. The van der Waals surface area contributed by atoms with E-state index in [4.69, 9.17) is 4.52 Å². The quantitative estimate of drug-likeness (QED) is 0.871. The van der Waals surface area contributed by atoms with Crippen molar-refractivity contribution >= 4 is 0 Å². The average molecular weight is 237 g/mol. The minimum Gasteiger partial charge on any atom is -0.361 e. The molecule has 1 aromatic heterocycles. The molecule has 0 saturated carbocycles. The van der Waals surface area contributed by atoms with Gasteiger partial charge in [-0.15, -0.1) is 0 Å². The number of hydrogen-bond donors (Lipinski definition) is 1. The number of aryl methyl sites for hydroxylation is 2. The number of rotatable bonds is 3. The van der Waals surface area contributed by atoms with Gasteiger partial charge in [0.25, 0.3) is 0 Å². The van der Waals surface area contributed by atoms with Crippen LogP contribution in [0.4, 0.5) is 0 Å². The lowest BCUT2D eigenvalue weighted by Crippen LogP contribution is -2.54. The van der Waals surface area contributed by atoms with Crippen LogP contribution in [0.5, 0.6) is 0 Å². The summed E-state index contributed by atoms with van der Waals surface area (Å²) < 4.78 is 5.23. The Morgan fingerprint density at radius 3 is 2.82 bits per heavy atom. The van der Waals surface area contributed by atoms with Crippen molar-refractivity contribution in [3.63, 3.8) is 0 Å². The molecule has 2 unspecified atom stereocenters. The largest absolute Gasteiger partial charge is 0.361 e. The zero-order valence-electron chi connectivity index (χ0n) is 11.3.